The maximum absolute atomic E-state index is 12.1. The van der Waals surface area contributed by atoms with Crippen LogP contribution < -0.4 is 0 Å². The molecule has 1 saturated heterocycles. The van der Waals surface area contributed by atoms with E-state index in [2.05, 4.69) is 90.2 Å². The zero-order chi connectivity index (χ0) is 34.2. The molecule has 0 bridgehead atoms. The molecular formula is C40H58O6. The second-order valence-electron chi connectivity index (χ2n) is 13.0. The molecule has 1 aliphatic carbocycles. The van der Waals surface area contributed by atoms with Crippen LogP contribution in [0.3, 0.4) is 0 Å². The van der Waals surface area contributed by atoms with Gasteiger partial charge in [-0.3, -0.25) is 0 Å². The van der Waals surface area contributed by atoms with Crippen molar-refractivity contribution in [1.82, 2.24) is 0 Å². The molecule has 2 aliphatic rings. The maximum Gasteiger partial charge on any atom is 0.333 e. The van der Waals surface area contributed by atoms with Crippen molar-refractivity contribution in [3.8, 4) is 0 Å². The van der Waals surface area contributed by atoms with E-state index in [0.717, 1.165) is 16.7 Å². The fourth-order valence-corrected chi connectivity index (χ4v) is 5.70. The molecule has 1 aliphatic heterocycles. The molecule has 1 atom stereocenters. The molecule has 1 heterocycles. The number of carbonyl (C=O) groups is 1. The third-order valence-corrected chi connectivity index (χ3v) is 8.71. The highest BCUT2D eigenvalue weighted by Crippen LogP contribution is 2.40. The predicted molar refractivity (Wildman–Crippen MR) is 189 cm³/mol. The second-order valence-corrected chi connectivity index (χ2v) is 13.0. The van der Waals surface area contributed by atoms with E-state index >= 15 is 0 Å². The van der Waals surface area contributed by atoms with Crippen molar-refractivity contribution in [2.24, 2.45) is 5.41 Å². The number of aliphatic hydroxyl groups excluding tert-OH is 1. The van der Waals surface area contributed by atoms with E-state index in [1.165, 1.54) is 36.0 Å². The van der Waals surface area contributed by atoms with Gasteiger partial charge in [-0.2, -0.15) is 0 Å². The Morgan fingerprint density at radius 1 is 0.957 bits per heavy atom. The minimum absolute atomic E-state index is 0.0264. The molecule has 0 amide bonds. The maximum atomic E-state index is 12.1. The van der Waals surface area contributed by atoms with Gasteiger partial charge in [0.1, 0.15) is 6.61 Å². The largest absolute Gasteiger partial charge is 0.460 e. The quantitative estimate of drug-likeness (QED) is 0.0791. The number of ether oxygens (including phenoxy) is 4. The Morgan fingerprint density at radius 3 is 2.26 bits per heavy atom. The molecule has 0 aromatic heterocycles. The molecule has 46 heavy (non-hydrogen) atoms. The van der Waals surface area contributed by atoms with E-state index in [1.807, 2.05) is 19.1 Å². The van der Waals surface area contributed by atoms with Gasteiger partial charge in [0.2, 0.25) is 0 Å². The van der Waals surface area contributed by atoms with E-state index < -0.39 is 11.8 Å². The van der Waals surface area contributed by atoms with Crippen LogP contribution in [0.2, 0.25) is 0 Å². The van der Waals surface area contributed by atoms with Crippen molar-refractivity contribution in [3.63, 3.8) is 0 Å². The van der Waals surface area contributed by atoms with Crippen LogP contribution >= 0.6 is 0 Å². The van der Waals surface area contributed by atoms with Gasteiger partial charge in [0.25, 0.3) is 0 Å². The highest BCUT2D eigenvalue weighted by molar-refractivity contribution is 5.87. The van der Waals surface area contributed by atoms with Crippen LogP contribution in [0.25, 0.3) is 0 Å². The standard InChI is InChI=1S/C40H58O6/c1-30(15-12-16-31(2)19-21-36-32(3)18-13-24-39(36,7)8)14-10-11-17-33(4)37(43-9)22-20-35(6)40(45-28-29-46-40)25-23-34(5)38(42)44-27-26-41/h10-12,14-17,19-21,23,37,41H,13,18,22,24-29H2,1-9H3/b11-10+,15-12+,21-19+,30-14+,31-16+,33-17+,34-23+,35-20+. The minimum Gasteiger partial charge on any atom is -0.460 e. The topological polar surface area (TPSA) is 74.2 Å². The number of allylic oxidation sites excluding steroid dienone is 13. The highest BCUT2D eigenvalue weighted by Gasteiger charge is 2.37. The molecule has 6 nitrogen and oxygen atoms in total. The van der Waals surface area contributed by atoms with Crippen LogP contribution in [0.4, 0.5) is 0 Å². The summed E-state index contributed by atoms with van der Waals surface area (Å²) in [4.78, 5) is 12.1. The van der Waals surface area contributed by atoms with Crippen LogP contribution in [0.15, 0.2) is 106 Å². The van der Waals surface area contributed by atoms with Crippen molar-refractivity contribution in [1.29, 1.82) is 0 Å². The van der Waals surface area contributed by atoms with Gasteiger partial charge in [0.05, 0.1) is 25.9 Å². The molecular weight excluding hydrogens is 576 g/mol. The lowest BCUT2D eigenvalue weighted by atomic mass is 9.72. The summed E-state index contributed by atoms with van der Waals surface area (Å²) in [6.07, 6.45) is 27.7. The Bertz CT molecular complexity index is 1290. The average Bonchev–Trinajstić information content (AvgIpc) is 3.50. The minimum atomic E-state index is -0.920. The molecule has 254 valence electrons. The number of hydrogen-bond donors (Lipinski definition) is 1. The number of esters is 1. The SMILES string of the molecule is COC(C/C=C(\C)C1(C/C=C(\C)C(=O)OCCO)OCCO1)/C(C)=C/C=C/C=C(C)/C=C/C=C(C)/C=C/C1=C(C)CCCC1(C)C. The normalized spacial score (nSPS) is 20.9. The Balaban J connectivity index is 1.98. The number of rotatable bonds is 16. The second kappa shape index (κ2) is 19.6. The summed E-state index contributed by atoms with van der Waals surface area (Å²) in [7, 11) is 1.71. The van der Waals surface area contributed by atoms with Gasteiger partial charge in [-0.1, -0.05) is 97.4 Å². The molecule has 0 saturated carbocycles. The van der Waals surface area contributed by atoms with Crippen LogP contribution in [0.1, 0.15) is 87.5 Å². The zero-order valence-corrected chi connectivity index (χ0v) is 29.8. The van der Waals surface area contributed by atoms with E-state index in [1.54, 1.807) is 20.1 Å². The van der Waals surface area contributed by atoms with Crippen LogP contribution in [0.5, 0.6) is 0 Å². The van der Waals surface area contributed by atoms with Crippen LogP contribution in [0, 0.1) is 5.41 Å². The van der Waals surface area contributed by atoms with Gasteiger partial charge in [-0.25, -0.2) is 4.79 Å². The fourth-order valence-electron chi connectivity index (χ4n) is 5.70. The molecule has 0 spiro atoms. The number of hydrogen-bond acceptors (Lipinski definition) is 6. The van der Waals surface area contributed by atoms with Crippen molar-refractivity contribution < 1.29 is 28.8 Å². The first kappa shape index (κ1) is 39.1. The van der Waals surface area contributed by atoms with Crippen molar-refractivity contribution in [2.75, 3.05) is 33.5 Å². The number of methoxy groups -OCH3 is 1. The fraction of sp³-hybridized carbons (Fsp3) is 0.525. The average molecular weight is 635 g/mol. The van der Waals surface area contributed by atoms with Gasteiger partial charge in [-0.05, 0) is 89.4 Å². The summed E-state index contributed by atoms with van der Waals surface area (Å²) in [5.41, 5.74) is 8.14. The lowest BCUT2D eigenvalue weighted by Gasteiger charge is -2.32. The third-order valence-electron chi connectivity index (χ3n) is 8.71. The van der Waals surface area contributed by atoms with Gasteiger partial charge in [-0.15, -0.1) is 0 Å². The molecule has 1 N–H and O–H groups in total. The highest BCUT2D eigenvalue weighted by atomic mass is 16.7. The predicted octanol–water partition coefficient (Wildman–Crippen LogP) is 8.99. The van der Waals surface area contributed by atoms with Crippen LogP contribution in [-0.4, -0.2) is 56.5 Å². The Kier molecular flexibility index (Phi) is 16.7. The van der Waals surface area contributed by atoms with E-state index in [-0.39, 0.29) is 24.7 Å². The zero-order valence-electron chi connectivity index (χ0n) is 29.8. The van der Waals surface area contributed by atoms with Gasteiger partial charge >= 0.3 is 5.97 Å². The Morgan fingerprint density at radius 2 is 1.61 bits per heavy atom. The molecule has 0 aromatic carbocycles. The molecule has 6 heteroatoms. The first-order valence-corrected chi connectivity index (χ1v) is 16.5. The lowest BCUT2D eigenvalue weighted by molar-refractivity contribution is -0.140. The first-order chi connectivity index (χ1) is 21.8. The van der Waals surface area contributed by atoms with Gasteiger partial charge in [0.15, 0.2) is 5.79 Å². The number of aliphatic hydroxyl groups is 1. The summed E-state index contributed by atoms with van der Waals surface area (Å²) >= 11 is 0. The van der Waals surface area contributed by atoms with Crippen LogP contribution in [-0.2, 0) is 23.7 Å². The van der Waals surface area contributed by atoms with E-state index in [4.69, 9.17) is 24.1 Å². The van der Waals surface area contributed by atoms with E-state index in [9.17, 15) is 4.79 Å². The van der Waals surface area contributed by atoms with Crippen molar-refractivity contribution in [3.05, 3.63) is 106 Å². The Labute approximate surface area is 278 Å². The summed E-state index contributed by atoms with van der Waals surface area (Å²) in [5, 5.41) is 8.89. The summed E-state index contributed by atoms with van der Waals surface area (Å²) in [5.74, 6) is -1.38. The molecule has 2 rings (SSSR count). The monoisotopic (exact) mass is 634 g/mol. The summed E-state index contributed by atoms with van der Waals surface area (Å²) in [6.45, 7) is 17.7. The summed E-state index contributed by atoms with van der Waals surface area (Å²) in [6, 6.07) is 0. The van der Waals surface area contributed by atoms with Gasteiger partial charge in [0, 0.05) is 19.1 Å². The van der Waals surface area contributed by atoms with E-state index in [0.29, 0.717) is 31.6 Å². The molecule has 0 aromatic rings. The molecule has 0 radical (unpaired) electrons. The lowest BCUT2D eigenvalue weighted by Crippen LogP contribution is -2.31. The van der Waals surface area contributed by atoms with Crippen molar-refractivity contribution in [2.45, 2.75) is 99.4 Å². The van der Waals surface area contributed by atoms with Gasteiger partial charge < -0.3 is 24.1 Å². The van der Waals surface area contributed by atoms with Crippen molar-refractivity contribution >= 4 is 5.97 Å². The third kappa shape index (κ3) is 12.6. The summed E-state index contributed by atoms with van der Waals surface area (Å²) < 4.78 is 22.8. The number of carbonyl (C=O) groups excluding carboxylic acids is 1. The first-order valence-electron chi connectivity index (χ1n) is 16.5. The molecule has 1 fully saturated rings. The molecule has 1 unspecified atom stereocenters. The smallest absolute Gasteiger partial charge is 0.333 e. The Hall–Kier alpha value is -3.03.